The van der Waals surface area contributed by atoms with Gasteiger partial charge in [-0.2, -0.15) is 23.3 Å². The van der Waals surface area contributed by atoms with E-state index in [1.807, 2.05) is 13.8 Å². The summed E-state index contributed by atoms with van der Waals surface area (Å²) in [6, 6.07) is 12.2. The minimum Gasteiger partial charge on any atom is -0.438 e. The fraction of sp³-hybridized carbons (Fsp3) is 0.269. The molecule has 206 valence electrons. The number of alkyl halides is 3. The number of benzene rings is 2. The number of aromatic nitrogens is 4. The van der Waals surface area contributed by atoms with Gasteiger partial charge in [-0.05, 0) is 48.6 Å². The molecule has 2 aromatic heterocycles. The Kier molecular flexibility index (Phi) is 8.17. The zero-order valence-electron chi connectivity index (χ0n) is 21.2. The zero-order valence-corrected chi connectivity index (χ0v) is 22.8. The maximum absolute atomic E-state index is 14.6. The van der Waals surface area contributed by atoms with E-state index in [0.29, 0.717) is 22.9 Å². The average molecular weight is 580 g/mol. The minimum absolute atomic E-state index is 0.0173. The molecule has 0 aliphatic carbocycles. The Morgan fingerprint density at radius 3 is 2.38 bits per heavy atom. The molecule has 13 heteroatoms. The normalized spacial score (nSPS) is 12.1. The molecule has 0 unspecified atom stereocenters. The van der Waals surface area contributed by atoms with Crippen molar-refractivity contribution >= 4 is 27.6 Å². The maximum Gasteiger partial charge on any atom is 0.423 e. The first-order chi connectivity index (χ1) is 18.3. The van der Waals surface area contributed by atoms with Crippen LogP contribution in [-0.2, 0) is 29.7 Å². The summed E-state index contributed by atoms with van der Waals surface area (Å²) in [5.41, 5.74) is -0.937. The summed E-state index contributed by atoms with van der Waals surface area (Å²) in [4.78, 5) is 7.73. The van der Waals surface area contributed by atoms with Crippen LogP contribution < -0.4 is 9.46 Å². The van der Waals surface area contributed by atoms with Gasteiger partial charge in [-0.15, -0.1) is 0 Å². The lowest BCUT2D eigenvalue weighted by atomic mass is 9.95. The van der Waals surface area contributed by atoms with Gasteiger partial charge >= 0.3 is 6.18 Å². The van der Waals surface area contributed by atoms with Crippen molar-refractivity contribution in [2.24, 2.45) is 13.0 Å². The molecule has 39 heavy (non-hydrogen) atoms. The van der Waals surface area contributed by atoms with Crippen molar-refractivity contribution in [3.05, 3.63) is 77.1 Å². The highest BCUT2D eigenvalue weighted by molar-refractivity contribution is 7.92. The second-order valence-corrected chi connectivity index (χ2v) is 11.3. The molecular formula is C26H25ClF3N5O3S. The Morgan fingerprint density at radius 2 is 1.77 bits per heavy atom. The standard InChI is InChI=1S/C26H25ClF3N5O3S/c1-16(2)8-9-17-6-4-5-7-21(17)23-22(26(28,29)30)24(38-19-12-10-18(27)11-13-19)33-25(32-23)34-39(36,37)20-14-31-35(3)15-20/h4-7,10-16H,8-9H2,1-3H3,(H,32,33,34). The number of aryl methyl sites for hydroxylation is 2. The van der Waals surface area contributed by atoms with Crippen molar-refractivity contribution in [1.82, 2.24) is 19.7 Å². The quantitative estimate of drug-likeness (QED) is 0.236. The Hall–Kier alpha value is -3.64. The van der Waals surface area contributed by atoms with Gasteiger partial charge in [-0.3, -0.25) is 4.68 Å². The predicted molar refractivity (Wildman–Crippen MR) is 141 cm³/mol. The van der Waals surface area contributed by atoms with E-state index >= 15 is 0 Å². The summed E-state index contributed by atoms with van der Waals surface area (Å²) in [6.45, 7) is 4.02. The van der Waals surface area contributed by atoms with E-state index in [-0.39, 0.29) is 16.2 Å². The molecule has 0 amide bonds. The van der Waals surface area contributed by atoms with E-state index in [9.17, 15) is 21.6 Å². The van der Waals surface area contributed by atoms with Gasteiger partial charge in [0.15, 0.2) is 0 Å². The summed E-state index contributed by atoms with van der Waals surface area (Å²) < 4.78 is 78.8. The molecular weight excluding hydrogens is 555 g/mol. The number of rotatable bonds is 9. The Morgan fingerprint density at radius 1 is 1.08 bits per heavy atom. The number of hydrogen-bond donors (Lipinski definition) is 1. The number of anilines is 1. The topological polar surface area (TPSA) is 99.0 Å². The molecule has 0 saturated carbocycles. The van der Waals surface area contributed by atoms with Crippen LogP contribution in [0.5, 0.6) is 11.6 Å². The van der Waals surface area contributed by atoms with Crippen molar-refractivity contribution in [2.75, 3.05) is 4.72 Å². The van der Waals surface area contributed by atoms with E-state index in [2.05, 4.69) is 19.8 Å². The van der Waals surface area contributed by atoms with Gasteiger partial charge in [0.05, 0.1) is 11.9 Å². The molecule has 0 radical (unpaired) electrons. The van der Waals surface area contributed by atoms with Crippen LogP contribution >= 0.6 is 11.6 Å². The van der Waals surface area contributed by atoms with Crippen LogP contribution in [0.25, 0.3) is 11.3 Å². The smallest absolute Gasteiger partial charge is 0.423 e. The fourth-order valence-electron chi connectivity index (χ4n) is 3.75. The molecule has 0 bridgehead atoms. The third-order valence-corrected chi connectivity index (χ3v) is 7.20. The van der Waals surface area contributed by atoms with Crippen LogP contribution in [0.2, 0.25) is 5.02 Å². The predicted octanol–water partition coefficient (Wildman–Crippen LogP) is 6.73. The number of ether oxygens (including phenoxy) is 1. The van der Waals surface area contributed by atoms with Crippen molar-refractivity contribution in [2.45, 2.75) is 37.8 Å². The van der Waals surface area contributed by atoms with Crippen LogP contribution in [0.3, 0.4) is 0 Å². The fourth-order valence-corrected chi connectivity index (χ4v) is 4.81. The summed E-state index contributed by atoms with van der Waals surface area (Å²) >= 11 is 5.91. The van der Waals surface area contributed by atoms with Gasteiger partial charge in [0, 0.05) is 23.8 Å². The molecule has 0 aliphatic rings. The third-order valence-electron chi connectivity index (χ3n) is 5.67. The van der Waals surface area contributed by atoms with Gasteiger partial charge in [-0.1, -0.05) is 49.7 Å². The molecule has 0 spiro atoms. The van der Waals surface area contributed by atoms with Gasteiger partial charge in [0.2, 0.25) is 11.8 Å². The second-order valence-electron chi connectivity index (χ2n) is 9.17. The highest BCUT2D eigenvalue weighted by Gasteiger charge is 2.41. The van der Waals surface area contributed by atoms with E-state index in [0.717, 1.165) is 12.6 Å². The molecule has 4 rings (SSSR count). The van der Waals surface area contributed by atoms with E-state index in [1.54, 1.807) is 18.2 Å². The van der Waals surface area contributed by atoms with Gasteiger partial charge < -0.3 is 4.74 Å². The Balaban J connectivity index is 1.93. The average Bonchev–Trinajstić information content (AvgIpc) is 3.30. The van der Waals surface area contributed by atoms with Crippen molar-refractivity contribution < 1.29 is 26.3 Å². The number of halogens is 4. The molecule has 0 atom stereocenters. The van der Waals surface area contributed by atoms with E-state index < -0.39 is 39.3 Å². The molecule has 0 aliphatic heterocycles. The summed E-state index contributed by atoms with van der Waals surface area (Å²) in [5, 5.41) is 4.19. The highest BCUT2D eigenvalue weighted by Crippen LogP contribution is 2.44. The van der Waals surface area contributed by atoms with Gasteiger partial charge in [-0.25, -0.2) is 18.1 Å². The summed E-state index contributed by atoms with van der Waals surface area (Å²) in [7, 11) is -2.75. The molecule has 2 heterocycles. The molecule has 0 saturated heterocycles. The van der Waals surface area contributed by atoms with Crippen molar-refractivity contribution in [1.29, 1.82) is 0 Å². The zero-order chi connectivity index (χ0) is 28.4. The lowest BCUT2D eigenvalue weighted by Gasteiger charge is -2.20. The van der Waals surface area contributed by atoms with Crippen LogP contribution in [0.1, 0.15) is 31.4 Å². The molecule has 1 N–H and O–H groups in total. The van der Waals surface area contributed by atoms with Crippen molar-refractivity contribution in [3.63, 3.8) is 0 Å². The first kappa shape index (κ1) is 28.4. The van der Waals surface area contributed by atoms with Crippen LogP contribution in [0.4, 0.5) is 19.1 Å². The van der Waals surface area contributed by atoms with Crippen molar-refractivity contribution in [3.8, 4) is 22.9 Å². The third kappa shape index (κ3) is 6.87. The van der Waals surface area contributed by atoms with Crippen LogP contribution in [-0.4, -0.2) is 28.2 Å². The van der Waals surface area contributed by atoms with Crippen LogP contribution in [0, 0.1) is 5.92 Å². The van der Waals surface area contributed by atoms with Gasteiger partial charge in [0.25, 0.3) is 10.0 Å². The lowest BCUT2D eigenvalue weighted by molar-refractivity contribution is -0.138. The minimum atomic E-state index is -4.94. The largest absolute Gasteiger partial charge is 0.438 e. The summed E-state index contributed by atoms with van der Waals surface area (Å²) in [6.07, 6.45) is -1.40. The van der Waals surface area contributed by atoms with Crippen LogP contribution in [0.15, 0.2) is 65.8 Å². The molecule has 0 fully saturated rings. The number of sulfonamides is 1. The maximum atomic E-state index is 14.6. The lowest BCUT2D eigenvalue weighted by Crippen LogP contribution is -2.18. The monoisotopic (exact) mass is 579 g/mol. The molecule has 2 aromatic carbocycles. The highest BCUT2D eigenvalue weighted by atomic mass is 35.5. The molecule has 8 nitrogen and oxygen atoms in total. The molecule has 4 aromatic rings. The number of nitrogens with zero attached hydrogens (tertiary/aromatic N) is 4. The number of nitrogens with one attached hydrogen (secondary N) is 1. The van der Waals surface area contributed by atoms with E-state index in [1.165, 1.54) is 48.3 Å². The second kappa shape index (κ2) is 11.2. The number of hydrogen-bond acceptors (Lipinski definition) is 6. The Labute approximate surface area is 228 Å². The first-order valence-corrected chi connectivity index (χ1v) is 13.7. The first-order valence-electron chi connectivity index (χ1n) is 11.9. The Bertz CT molecular complexity index is 1570. The van der Waals surface area contributed by atoms with E-state index in [4.69, 9.17) is 16.3 Å². The SMILES string of the molecule is CC(C)CCc1ccccc1-c1nc(NS(=O)(=O)c2cnn(C)c2)nc(Oc2ccc(Cl)cc2)c1C(F)(F)F. The summed E-state index contributed by atoms with van der Waals surface area (Å²) in [5.74, 6) is -1.14. The van der Waals surface area contributed by atoms with Gasteiger partial charge in [0.1, 0.15) is 16.2 Å².